The summed E-state index contributed by atoms with van der Waals surface area (Å²) in [5, 5.41) is 5.44. The molecule has 2 heterocycles. The minimum absolute atomic E-state index is 0.122. The number of benzene rings is 1. The normalized spacial score (nSPS) is 23.3. The molecule has 0 bridgehead atoms. The second-order valence-electron chi connectivity index (χ2n) is 6.50. The maximum Gasteiger partial charge on any atom is 0.264 e. The summed E-state index contributed by atoms with van der Waals surface area (Å²) in [6.07, 6.45) is 2.65. The van der Waals surface area contributed by atoms with Gasteiger partial charge in [-0.25, -0.2) is 0 Å². The minimum Gasteiger partial charge on any atom is -0.384 e. The van der Waals surface area contributed by atoms with E-state index in [-0.39, 0.29) is 18.7 Å². The van der Waals surface area contributed by atoms with Crippen LogP contribution in [-0.2, 0) is 9.59 Å². The first-order valence-electron chi connectivity index (χ1n) is 8.14. The van der Waals surface area contributed by atoms with E-state index in [9.17, 15) is 19.2 Å². The Morgan fingerprint density at radius 3 is 2.58 bits per heavy atom. The van der Waals surface area contributed by atoms with E-state index in [1.807, 2.05) is 0 Å². The molecular weight excluding hydrogens is 310 g/mol. The fraction of sp³-hybridized carbons (Fsp3) is 0.412. The molecule has 1 aromatic carbocycles. The van der Waals surface area contributed by atoms with Crippen molar-refractivity contribution in [3.63, 3.8) is 0 Å². The molecule has 1 unspecified atom stereocenters. The minimum atomic E-state index is -0.925. The molecule has 7 heteroatoms. The molecule has 0 spiro atoms. The van der Waals surface area contributed by atoms with E-state index in [0.29, 0.717) is 22.7 Å². The van der Waals surface area contributed by atoms with Gasteiger partial charge in [0.25, 0.3) is 11.8 Å². The number of amides is 4. The van der Waals surface area contributed by atoms with Crippen LogP contribution in [0, 0.1) is 5.92 Å². The summed E-state index contributed by atoms with van der Waals surface area (Å²) < 4.78 is 0. The van der Waals surface area contributed by atoms with Crippen molar-refractivity contribution in [2.75, 3.05) is 11.9 Å². The van der Waals surface area contributed by atoms with Crippen molar-refractivity contribution in [3.05, 3.63) is 29.3 Å². The number of rotatable bonds is 4. The maximum atomic E-state index is 12.8. The maximum absolute atomic E-state index is 12.8. The first kappa shape index (κ1) is 14.9. The van der Waals surface area contributed by atoms with Gasteiger partial charge in [-0.3, -0.25) is 29.4 Å². The number of carbonyl (C=O) groups is 4. The monoisotopic (exact) mass is 327 g/mol. The van der Waals surface area contributed by atoms with Gasteiger partial charge in [0.15, 0.2) is 0 Å². The molecule has 2 N–H and O–H groups in total. The van der Waals surface area contributed by atoms with Crippen LogP contribution in [0.25, 0.3) is 0 Å². The molecule has 7 nitrogen and oxygen atoms in total. The van der Waals surface area contributed by atoms with Crippen LogP contribution in [-0.4, -0.2) is 41.1 Å². The van der Waals surface area contributed by atoms with E-state index in [0.717, 1.165) is 11.4 Å². The van der Waals surface area contributed by atoms with Gasteiger partial charge in [-0.1, -0.05) is 6.07 Å². The molecule has 1 aliphatic carbocycles. The SMILES string of the molecule is O=C1CCC(N2C(=O)c3cccc(NCC4CC4)c3C2=O)C(=O)N1. The van der Waals surface area contributed by atoms with Crippen LogP contribution in [0.1, 0.15) is 46.4 Å². The second-order valence-corrected chi connectivity index (χ2v) is 6.50. The lowest BCUT2D eigenvalue weighted by molar-refractivity contribution is -0.136. The van der Waals surface area contributed by atoms with Crippen LogP contribution >= 0.6 is 0 Å². The van der Waals surface area contributed by atoms with Gasteiger partial charge in [-0.15, -0.1) is 0 Å². The summed E-state index contributed by atoms with van der Waals surface area (Å²) in [5.41, 5.74) is 1.27. The van der Waals surface area contributed by atoms with Crippen molar-refractivity contribution in [2.45, 2.75) is 31.7 Å². The zero-order chi connectivity index (χ0) is 16.8. The van der Waals surface area contributed by atoms with Crippen LogP contribution in [0.4, 0.5) is 5.69 Å². The first-order valence-corrected chi connectivity index (χ1v) is 8.14. The summed E-state index contributed by atoms with van der Waals surface area (Å²) in [6, 6.07) is 4.18. The van der Waals surface area contributed by atoms with E-state index in [2.05, 4.69) is 10.6 Å². The van der Waals surface area contributed by atoms with E-state index in [4.69, 9.17) is 0 Å². The smallest absolute Gasteiger partial charge is 0.264 e. The van der Waals surface area contributed by atoms with Crippen molar-refractivity contribution < 1.29 is 19.2 Å². The molecule has 2 fully saturated rings. The van der Waals surface area contributed by atoms with E-state index >= 15 is 0 Å². The highest BCUT2D eigenvalue weighted by Gasteiger charge is 2.45. The molecule has 1 saturated carbocycles. The number of anilines is 1. The highest BCUT2D eigenvalue weighted by atomic mass is 16.2. The Hall–Kier alpha value is -2.70. The average Bonchev–Trinajstić information content (AvgIpc) is 3.35. The molecule has 4 rings (SSSR count). The van der Waals surface area contributed by atoms with Gasteiger partial charge < -0.3 is 5.32 Å². The standard InChI is InChI=1S/C17H17N3O4/c21-13-7-6-12(15(22)19-13)20-16(23)10-2-1-3-11(14(10)17(20)24)18-8-9-4-5-9/h1-3,9,12,18H,4-8H2,(H,19,21,22). The molecule has 3 aliphatic rings. The van der Waals surface area contributed by atoms with Crippen molar-refractivity contribution in [2.24, 2.45) is 5.92 Å². The van der Waals surface area contributed by atoms with E-state index < -0.39 is 23.8 Å². The summed E-state index contributed by atoms with van der Waals surface area (Å²) in [6.45, 7) is 0.774. The Bertz CT molecular complexity index is 769. The van der Waals surface area contributed by atoms with Gasteiger partial charge in [0.1, 0.15) is 6.04 Å². The number of fused-ring (bicyclic) bond motifs is 1. The average molecular weight is 327 g/mol. The lowest BCUT2D eigenvalue weighted by Gasteiger charge is -2.27. The summed E-state index contributed by atoms with van der Waals surface area (Å²) in [5.74, 6) is -1.28. The molecule has 0 aromatic heterocycles. The predicted molar refractivity (Wildman–Crippen MR) is 84.3 cm³/mol. The van der Waals surface area contributed by atoms with Gasteiger partial charge in [0, 0.05) is 18.7 Å². The highest BCUT2D eigenvalue weighted by molar-refractivity contribution is 6.25. The number of hydrogen-bond donors (Lipinski definition) is 2. The fourth-order valence-electron chi connectivity index (χ4n) is 3.24. The molecule has 2 aliphatic heterocycles. The molecule has 0 radical (unpaired) electrons. The number of hydrogen-bond acceptors (Lipinski definition) is 5. The molecule has 24 heavy (non-hydrogen) atoms. The molecule has 124 valence electrons. The lowest BCUT2D eigenvalue weighted by Crippen LogP contribution is -2.54. The van der Waals surface area contributed by atoms with Gasteiger partial charge >= 0.3 is 0 Å². The molecule has 1 aromatic rings. The van der Waals surface area contributed by atoms with Crippen LogP contribution in [0.5, 0.6) is 0 Å². The Morgan fingerprint density at radius 2 is 1.88 bits per heavy atom. The highest BCUT2D eigenvalue weighted by Crippen LogP contribution is 2.34. The van der Waals surface area contributed by atoms with Crippen molar-refractivity contribution in [1.29, 1.82) is 0 Å². The van der Waals surface area contributed by atoms with Gasteiger partial charge in [0.05, 0.1) is 11.1 Å². The third kappa shape index (κ3) is 2.36. The molecule has 4 amide bonds. The molecular formula is C17H17N3O4. The second kappa shape index (κ2) is 5.43. The number of nitrogens with one attached hydrogen (secondary N) is 2. The largest absolute Gasteiger partial charge is 0.384 e. The first-order chi connectivity index (χ1) is 11.6. The predicted octanol–water partition coefficient (Wildman–Crippen LogP) is 0.910. The van der Waals surface area contributed by atoms with E-state index in [1.165, 1.54) is 12.8 Å². The Morgan fingerprint density at radius 1 is 1.08 bits per heavy atom. The number of piperidine rings is 1. The van der Waals surface area contributed by atoms with Crippen LogP contribution in [0.3, 0.4) is 0 Å². The van der Waals surface area contributed by atoms with Crippen molar-refractivity contribution in [1.82, 2.24) is 10.2 Å². The number of imide groups is 2. The Kier molecular flexibility index (Phi) is 3.37. The lowest BCUT2D eigenvalue weighted by atomic mass is 10.0. The van der Waals surface area contributed by atoms with Crippen LogP contribution in [0.15, 0.2) is 18.2 Å². The van der Waals surface area contributed by atoms with Gasteiger partial charge in [0.2, 0.25) is 11.8 Å². The van der Waals surface area contributed by atoms with Gasteiger partial charge in [-0.2, -0.15) is 0 Å². The topological polar surface area (TPSA) is 95.6 Å². The molecule has 1 atom stereocenters. The Balaban J connectivity index is 1.63. The molecule has 1 saturated heterocycles. The zero-order valence-electron chi connectivity index (χ0n) is 13.0. The van der Waals surface area contributed by atoms with Crippen molar-refractivity contribution in [3.8, 4) is 0 Å². The number of carbonyl (C=O) groups excluding carboxylic acids is 4. The third-order valence-corrected chi connectivity index (χ3v) is 4.75. The summed E-state index contributed by atoms with van der Waals surface area (Å²) in [4.78, 5) is 49.8. The summed E-state index contributed by atoms with van der Waals surface area (Å²) in [7, 11) is 0. The van der Waals surface area contributed by atoms with Gasteiger partial charge in [-0.05, 0) is 37.3 Å². The number of nitrogens with zero attached hydrogens (tertiary/aromatic N) is 1. The third-order valence-electron chi connectivity index (χ3n) is 4.75. The zero-order valence-corrected chi connectivity index (χ0v) is 13.0. The van der Waals surface area contributed by atoms with Crippen LogP contribution < -0.4 is 10.6 Å². The summed E-state index contributed by atoms with van der Waals surface area (Å²) >= 11 is 0. The Labute approximate surface area is 138 Å². The van der Waals surface area contributed by atoms with Crippen LogP contribution in [0.2, 0.25) is 0 Å². The van der Waals surface area contributed by atoms with Crippen molar-refractivity contribution >= 4 is 29.3 Å². The van der Waals surface area contributed by atoms with E-state index in [1.54, 1.807) is 18.2 Å². The quantitative estimate of drug-likeness (QED) is 0.802. The fourth-order valence-corrected chi connectivity index (χ4v) is 3.24.